The highest BCUT2D eigenvalue weighted by molar-refractivity contribution is 7.13. The van der Waals surface area contributed by atoms with E-state index in [1.165, 1.54) is 11.3 Å². The lowest BCUT2D eigenvalue weighted by molar-refractivity contribution is -0.131. The summed E-state index contributed by atoms with van der Waals surface area (Å²) in [4.78, 5) is 31.3. The fourth-order valence-electron chi connectivity index (χ4n) is 3.17. The molecule has 0 aliphatic carbocycles. The molecule has 1 N–H and O–H groups in total. The first-order valence-electron chi connectivity index (χ1n) is 8.48. The van der Waals surface area contributed by atoms with Crippen LogP contribution in [0.25, 0.3) is 10.6 Å². The number of nitrogens with one attached hydrogen (secondary N) is 1. The summed E-state index contributed by atoms with van der Waals surface area (Å²) in [6.45, 7) is 1.73. The van der Waals surface area contributed by atoms with Crippen molar-refractivity contribution < 1.29 is 9.59 Å². The van der Waals surface area contributed by atoms with E-state index in [0.717, 1.165) is 15.5 Å². The van der Waals surface area contributed by atoms with Crippen LogP contribution in [0.2, 0.25) is 10.0 Å². The van der Waals surface area contributed by atoms with Crippen LogP contribution in [0.4, 0.5) is 4.79 Å². The van der Waals surface area contributed by atoms with E-state index in [2.05, 4.69) is 10.3 Å². The highest BCUT2D eigenvalue weighted by Crippen LogP contribution is 2.35. The number of hydrogen-bond donors (Lipinski definition) is 1. The van der Waals surface area contributed by atoms with Crippen molar-refractivity contribution in [1.82, 2.24) is 15.2 Å². The van der Waals surface area contributed by atoms with E-state index in [1.54, 1.807) is 25.1 Å². The fourth-order valence-corrected chi connectivity index (χ4v) is 4.59. The van der Waals surface area contributed by atoms with E-state index in [-0.39, 0.29) is 12.5 Å². The zero-order chi connectivity index (χ0) is 19.9. The van der Waals surface area contributed by atoms with Gasteiger partial charge >= 0.3 is 6.03 Å². The molecule has 0 bridgehead atoms. The molecular weight excluding hydrogens is 417 g/mol. The number of rotatable bonds is 4. The molecule has 1 atom stereocenters. The third-order valence-electron chi connectivity index (χ3n) is 4.64. The molecule has 1 aliphatic rings. The first-order valence-corrected chi connectivity index (χ1v) is 10.1. The number of thiazole rings is 1. The van der Waals surface area contributed by atoms with Crippen molar-refractivity contribution in [2.24, 2.45) is 0 Å². The van der Waals surface area contributed by atoms with E-state index in [9.17, 15) is 9.59 Å². The van der Waals surface area contributed by atoms with Crippen molar-refractivity contribution in [2.45, 2.75) is 19.0 Å². The van der Waals surface area contributed by atoms with Gasteiger partial charge in [-0.1, -0.05) is 59.6 Å². The maximum atomic E-state index is 13.1. The number of halogens is 2. The van der Waals surface area contributed by atoms with E-state index in [1.807, 2.05) is 35.7 Å². The molecule has 142 valence electrons. The zero-order valence-electron chi connectivity index (χ0n) is 14.8. The van der Waals surface area contributed by atoms with Gasteiger partial charge in [-0.05, 0) is 19.1 Å². The maximum Gasteiger partial charge on any atom is 0.325 e. The Morgan fingerprint density at radius 3 is 2.61 bits per heavy atom. The first-order chi connectivity index (χ1) is 13.4. The van der Waals surface area contributed by atoms with E-state index >= 15 is 0 Å². The first kappa shape index (κ1) is 18.9. The molecule has 1 saturated heterocycles. The predicted octanol–water partition coefficient (Wildman–Crippen LogP) is 5.08. The van der Waals surface area contributed by atoms with Gasteiger partial charge in [0.05, 0.1) is 12.2 Å². The monoisotopic (exact) mass is 431 g/mol. The van der Waals surface area contributed by atoms with Gasteiger partial charge in [-0.15, -0.1) is 11.3 Å². The largest absolute Gasteiger partial charge is 0.325 e. The summed E-state index contributed by atoms with van der Waals surface area (Å²) < 4.78 is 0. The normalized spacial score (nSPS) is 19.2. The number of hydrogen-bond acceptors (Lipinski definition) is 4. The lowest BCUT2D eigenvalue weighted by Gasteiger charge is -2.23. The van der Waals surface area contributed by atoms with Gasteiger partial charge in [0.1, 0.15) is 10.5 Å². The summed E-state index contributed by atoms with van der Waals surface area (Å²) in [7, 11) is 0. The minimum Gasteiger partial charge on any atom is -0.319 e. The van der Waals surface area contributed by atoms with Gasteiger partial charge in [0.2, 0.25) is 0 Å². The average molecular weight is 432 g/mol. The van der Waals surface area contributed by atoms with Gasteiger partial charge in [-0.25, -0.2) is 9.78 Å². The number of benzene rings is 2. The molecule has 1 fully saturated rings. The number of carbonyl (C=O) groups is 2. The SMILES string of the molecule is C[C@@]1(c2ccc(Cl)cc2Cl)NC(=O)N(Cc2csc(-c3ccccc3)n2)C1=O. The van der Waals surface area contributed by atoms with Crippen molar-refractivity contribution in [3.63, 3.8) is 0 Å². The van der Waals surface area contributed by atoms with Crippen molar-refractivity contribution in [3.05, 3.63) is 75.2 Å². The second-order valence-corrected chi connectivity index (χ2v) is 8.28. The number of aromatic nitrogens is 1. The summed E-state index contributed by atoms with van der Waals surface area (Å²) in [6, 6.07) is 14.1. The predicted molar refractivity (Wildman–Crippen MR) is 110 cm³/mol. The lowest BCUT2D eigenvalue weighted by Crippen LogP contribution is -2.41. The Kier molecular flexibility index (Phi) is 4.87. The molecule has 0 unspecified atom stereocenters. The van der Waals surface area contributed by atoms with Crippen LogP contribution in [0.3, 0.4) is 0 Å². The molecule has 0 saturated carbocycles. The van der Waals surface area contributed by atoms with Crippen molar-refractivity contribution >= 4 is 46.5 Å². The minimum atomic E-state index is -1.25. The Bertz CT molecular complexity index is 1070. The van der Waals surface area contributed by atoms with Gasteiger partial charge in [0.15, 0.2) is 0 Å². The zero-order valence-corrected chi connectivity index (χ0v) is 17.1. The third-order valence-corrected chi connectivity index (χ3v) is 6.13. The number of imide groups is 1. The second kappa shape index (κ2) is 7.20. The van der Waals surface area contributed by atoms with Crippen LogP contribution in [0.1, 0.15) is 18.2 Å². The summed E-state index contributed by atoms with van der Waals surface area (Å²) in [6.07, 6.45) is 0. The molecule has 2 heterocycles. The summed E-state index contributed by atoms with van der Waals surface area (Å²) in [5.74, 6) is -0.379. The molecule has 1 aliphatic heterocycles. The van der Waals surface area contributed by atoms with Crippen LogP contribution in [-0.4, -0.2) is 21.8 Å². The second-order valence-electron chi connectivity index (χ2n) is 6.58. The lowest BCUT2D eigenvalue weighted by atomic mass is 9.92. The summed E-state index contributed by atoms with van der Waals surface area (Å²) in [5, 5.41) is 6.23. The quantitative estimate of drug-likeness (QED) is 0.585. The van der Waals surface area contributed by atoms with Crippen molar-refractivity contribution in [1.29, 1.82) is 0 Å². The van der Waals surface area contributed by atoms with E-state index < -0.39 is 11.6 Å². The van der Waals surface area contributed by atoms with Gasteiger partial charge < -0.3 is 5.32 Å². The molecule has 0 radical (unpaired) electrons. The van der Waals surface area contributed by atoms with Gasteiger partial charge in [-0.2, -0.15) is 0 Å². The van der Waals surface area contributed by atoms with Crippen LogP contribution < -0.4 is 5.32 Å². The molecule has 5 nitrogen and oxygen atoms in total. The van der Waals surface area contributed by atoms with Gasteiger partial charge in [0, 0.05) is 26.6 Å². The van der Waals surface area contributed by atoms with Crippen LogP contribution in [0.15, 0.2) is 53.9 Å². The highest BCUT2D eigenvalue weighted by Gasteiger charge is 2.50. The molecule has 3 aromatic rings. The number of carbonyl (C=O) groups excluding carboxylic acids is 2. The molecule has 3 amide bonds. The Morgan fingerprint density at radius 1 is 1.14 bits per heavy atom. The third kappa shape index (κ3) is 3.28. The van der Waals surface area contributed by atoms with Gasteiger partial charge in [-0.3, -0.25) is 9.69 Å². The Balaban J connectivity index is 1.59. The number of nitrogens with zero attached hydrogens (tertiary/aromatic N) is 2. The standard InChI is InChI=1S/C20H15Cl2N3O2S/c1-20(15-8-7-13(21)9-16(15)22)18(26)25(19(27)24-20)10-14-11-28-17(23-14)12-5-3-2-4-6-12/h2-9,11H,10H2,1H3,(H,24,27)/t20-/m0/s1. The van der Waals surface area contributed by atoms with Crippen molar-refractivity contribution in [2.75, 3.05) is 0 Å². The number of urea groups is 1. The van der Waals surface area contributed by atoms with Crippen molar-refractivity contribution in [3.8, 4) is 10.6 Å². The van der Waals surface area contributed by atoms with Gasteiger partial charge in [0.25, 0.3) is 5.91 Å². The molecular formula is C20H15Cl2N3O2S. The molecule has 2 aromatic carbocycles. The minimum absolute atomic E-state index is 0.0921. The van der Waals surface area contributed by atoms with Crippen LogP contribution >= 0.6 is 34.5 Å². The van der Waals surface area contributed by atoms with E-state index in [4.69, 9.17) is 23.2 Å². The molecule has 0 spiro atoms. The molecule has 4 rings (SSSR count). The molecule has 28 heavy (non-hydrogen) atoms. The molecule has 1 aromatic heterocycles. The Labute approximate surface area is 175 Å². The molecule has 8 heteroatoms. The maximum absolute atomic E-state index is 13.1. The topological polar surface area (TPSA) is 62.3 Å². The van der Waals surface area contributed by atoms with Crippen LogP contribution in [0.5, 0.6) is 0 Å². The highest BCUT2D eigenvalue weighted by atomic mass is 35.5. The fraction of sp³-hybridized carbons (Fsp3) is 0.150. The summed E-state index contributed by atoms with van der Waals surface area (Å²) in [5.41, 5.74) is 0.895. The Morgan fingerprint density at radius 2 is 1.89 bits per heavy atom. The summed E-state index contributed by atoms with van der Waals surface area (Å²) >= 11 is 13.7. The van der Waals surface area contributed by atoms with E-state index in [0.29, 0.717) is 21.3 Å². The average Bonchev–Trinajstić information content (AvgIpc) is 3.22. The van der Waals surface area contributed by atoms with Crippen LogP contribution in [0, 0.1) is 0 Å². The smallest absolute Gasteiger partial charge is 0.319 e. The van der Waals surface area contributed by atoms with Crippen LogP contribution in [-0.2, 0) is 16.9 Å². The Hall–Kier alpha value is -2.41. The number of amides is 3.